The van der Waals surface area contributed by atoms with Crippen LogP contribution in [0, 0.1) is 0 Å². The number of aromatic nitrogens is 2. The van der Waals surface area contributed by atoms with Crippen LogP contribution in [0.2, 0.25) is 0 Å². The van der Waals surface area contributed by atoms with E-state index in [1.54, 1.807) is 24.2 Å². The molecule has 0 aliphatic heterocycles. The molecule has 7 heteroatoms. The fourth-order valence-electron chi connectivity index (χ4n) is 3.02. The molecule has 0 unspecified atom stereocenters. The summed E-state index contributed by atoms with van der Waals surface area (Å²) >= 11 is 0. The largest absolute Gasteiger partial charge is 0.497 e. The van der Waals surface area contributed by atoms with Gasteiger partial charge in [0.2, 0.25) is 0 Å². The Morgan fingerprint density at radius 1 is 1.28 bits per heavy atom. The van der Waals surface area contributed by atoms with Gasteiger partial charge in [-0.1, -0.05) is 12.1 Å². The van der Waals surface area contributed by atoms with E-state index < -0.39 is 0 Å². The zero-order valence-electron chi connectivity index (χ0n) is 14.4. The molecular formula is C18H25ClN4O2. The predicted octanol–water partition coefficient (Wildman–Crippen LogP) is 2.36. The zero-order chi connectivity index (χ0) is 16.9. The van der Waals surface area contributed by atoms with Crippen molar-refractivity contribution < 1.29 is 9.53 Å². The van der Waals surface area contributed by atoms with Gasteiger partial charge < -0.3 is 15.8 Å². The zero-order valence-corrected chi connectivity index (χ0v) is 15.2. The number of ether oxygens (including phenoxy) is 1. The van der Waals surface area contributed by atoms with E-state index in [4.69, 9.17) is 10.5 Å². The van der Waals surface area contributed by atoms with Crippen molar-refractivity contribution in [1.29, 1.82) is 0 Å². The Kier molecular flexibility index (Phi) is 6.84. The van der Waals surface area contributed by atoms with Crippen molar-refractivity contribution in [3.05, 3.63) is 47.8 Å². The molecule has 0 atom stereocenters. The van der Waals surface area contributed by atoms with Crippen LogP contribution in [-0.4, -0.2) is 34.9 Å². The van der Waals surface area contributed by atoms with Crippen molar-refractivity contribution in [3.8, 4) is 5.75 Å². The Balaban J connectivity index is 0.00000225. The molecule has 1 fully saturated rings. The Hall–Kier alpha value is -2.05. The summed E-state index contributed by atoms with van der Waals surface area (Å²) < 4.78 is 6.92. The van der Waals surface area contributed by atoms with Crippen molar-refractivity contribution in [2.45, 2.75) is 44.3 Å². The number of carbonyl (C=O) groups is 1. The molecule has 2 aromatic rings. The molecule has 1 saturated carbocycles. The number of carbonyl (C=O) groups excluding carboxylic acids is 1. The average molecular weight is 365 g/mol. The third-order valence-corrected chi connectivity index (χ3v) is 4.51. The molecule has 3 N–H and O–H groups in total. The number of nitrogens with two attached hydrogens (primary N) is 1. The molecule has 0 spiro atoms. The van der Waals surface area contributed by atoms with E-state index in [9.17, 15) is 4.79 Å². The Morgan fingerprint density at radius 2 is 1.96 bits per heavy atom. The van der Waals surface area contributed by atoms with Crippen LogP contribution >= 0.6 is 12.4 Å². The lowest BCUT2D eigenvalue weighted by atomic mass is 9.92. The van der Waals surface area contributed by atoms with E-state index in [0.29, 0.717) is 12.1 Å². The molecule has 0 saturated heterocycles. The first-order valence-corrected chi connectivity index (χ1v) is 8.36. The number of rotatable bonds is 5. The van der Waals surface area contributed by atoms with E-state index in [2.05, 4.69) is 10.4 Å². The lowest BCUT2D eigenvalue weighted by molar-refractivity contribution is 0.0926. The topological polar surface area (TPSA) is 82.2 Å². The molecule has 1 aromatic carbocycles. The summed E-state index contributed by atoms with van der Waals surface area (Å²) in [4.78, 5) is 12.3. The lowest BCUT2D eigenvalue weighted by Gasteiger charge is -2.26. The summed E-state index contributed by atoms with van der Waals surface area (Å²) in [5.41, 5.74) is 7.60. The maximum absolute atomic E-state index is 12.3. The molecule has 136 valence electrons. The van der Waals surface area contributed by atoms with E-state index in [1.807, 2.05) is 24.3 Å². The van der Waals surface area contributed by atoms with Crippen molar-refractivity contribution in [3.63, 3.8) is 0 Å². The number of halogens is 1. The van der Waals surface area contributed by atoms with Crippen LogP contribution in [0.5, 0.6) is 5.75 Å². The predicted molar refractivity (Wildman–Crippen MR) is 99.3 cm³/mol. The van der Waals surface area contributed by atoms with Crippen molar-refractivity contribution in [2.75, 3.05) is 7.11 Å². The van der Waals surface area contributed by atoms with Crippen LogP contribution < -0.4 is 15.8 Å². The van der Waals surface area contributed by atoms with Gasteiger partial charge in [-0.2, -0.15) is 5.10 Å². The molecule has 3 rings (SSSR count). The van der Waals surface area contributed by atoms with Crippen molar-refractivity contribution in [2.24, 2.45) is 5.73 Å². The van der Waals surface area contributed by atoms with Crippen molar-refractivity contribution in [1.82, 2.24) is 15.1 Å². The molecule has 1 amide bonds. The van der Waals surface area contributed by atoms with Crippen LogP contribution in [0.4, 0.5) is 0 Å². The van der Waals surface area contributed by atoms with E-state index in [0.717, 1.165) is 37.0 Å². The highest BCUT2D eigenvalue weighted by molar-refractivity contribution is 5.93. The number of methoxy groups -OCH3 is 1. The van der Waals surface area contributed by atoms with Gasteiger partial charge in [-0.05, 0) is 43.4 Å². The lowest BCUT2D eigenvalue weighted by Crippen LogP contribution is -2.40. The first kappa shape index (κ1) is 19.3. The van der Waals surface area contributed by atoms with Crippen LogP contribution in [0.15, 0.2) is 36.7 Å². The van der Waals surface area contributed by atoms with Gasteiger partial charge in [0, 0.05) is 18.3 Å². The molecule has 6 nitrogen and oxygen atoms in total. The van der Waals surface area contributed by atoms with Gasteiger partial charge >= 0.3 is 0 Å². The number of nitrogens with zero attached hydrogens (tertiary/aromatic N) is 2. The number of amides is 1. The van der Waals surface area contributed by atoms with Gasteiger partial charge in [0.15, 0.2) is 0 Å². The monoisotopic (exact) mass is 364 g/mol. The third-order valence-electron chi connectivity index (χ3n) is 4.51. The van der Waals surface area contributed by atoms with E-state index >= 15 is 0 Å². The van der Waals surface area contributed by atoms with Gasteiger partial charge in [-0.15, -0.1) is 12.4 Å². The normalized spacial score (nSPS) is 19.8. The van der Waals surface area contributed by atoms with Gasteiger partial charge in [-0.3, -0.25) is 9.48 Å². The standard InChI is InChI=1S/C18H24N4O2.ClH/c1-24-17-8-2-13(3-9-17)11-22-12-14(10-20-22)18(23)21-16-6-4-15(19)5-7-16;/h2-3,8-10,12,15-16H,4-7,11,19H2,1H3,(H,21,23);1H. The molecule has 25 heavy (non-hydrogen) atoms. The highest BCUT2D eigenvalue weighted by Gasteiger charge is 2.21. The van der Waals surface area contributed by atoms with Gasteiger partial charge in [0.1, 0.15) is 5.75 Å². The minimum absolute atomic E-state index is 0. The summed E-state index contributed by atoms with van der Waals surface area (Å²) in [7, 11) is 1.65. The minimum Gasteiger partial charge on any atom is -0.497 e. The summed E-state index contributed by atoms with van der Waals surface area (Å²) in [6.45, 7) is 0.621. The van der Waals surface area contributed by atoms with Crippen molar-refractivity contribution >= 4 is 18.3 Å². The van der Waals surface area contributed by atoms with Crippen LogP contribution in [0.25, 0.3) is 0 Å². The Morgan fingerprint density at radius 3 is 2.60 bits per heavy atom. The molecule has 0 bridgehead atoms. The highest BCUT2D eigenvalue weighted by Crippen LogP contribution is 2.17. The maximum Gasteiger partial charge on any atom is 0.254 e. The highest BCUT2D eigenvalue weighted by atomic mass is 35.5. The van der Waals surface area contributed by atoms with E-state index in [-0.39, 0.29) is 30.4 Å². The molecule has 1 aromatic heterocycles. The molecular weight excluding hydrogens is 340 g/mol. The second-order valence-corrected chi connectivity index (χ2v) is 6.36. The quantitative estimate of drug-likeness (QED) is 0.853. The van der Waals surface area contributed by atoms with Gasteiger partial charge in [0.05, 0.1) is 25.4 Å². The number of benzene rings is 1. The van der Waals surface area contributed by atoms with Crippen LogP contribution in [0.1, 0.15) is 41.6 Å². The first-order chi connectivity index (χ1) is 11.6. The summed E-state index contributed by atoms with van der Waals surface area (Å²) in [5, 5.41) is 7.37. The van der Waals surface area contributed by atoms with Gasteiger partial charge in [-0.25, -0.2) is 0 Å². The fourth-order valence-corrected chi connectivity index (χ4v) is 3.02. The van der Waals surface area contributed by atoms with E-state index in [1.165, 1.54) is 0 Å². The molecule has 0 radical (unpaired) electrons. The summed E-state index contributed by atoms with van der Waals surface area (Å²) in [6, 6.07) is 8.32. The SMILES string of the molecule is COc1ccc(Cn2cc(C(=O)NC3CCC(N)CC3)cn2)cc1.Cl. The number of nitrogens with one attached hydrogen (secondary N) is 1. The number of hydrogen-bond donors (Lipinski definition) is 2. The Bertz CT molecular complexity index is 679. The second-order valence-electron chi connectivity index (χ2n) is 6.36. The minimum atomic E-state index is -0.0588. The molecule has 1 aliphatic carbocycles. The Labute approximate surface area is 154 Å². The summed E-state index contributed by atoms with van der Waals surface area (Å²) in [6.07, 6.45) is 7.25. The smallest absolute Gasteiger partial charge is 0.254 e. The fraction of sp³-hybridized carbons (Fsp3) is 0.444. The number of hydrogen-bond acceptors (Lipinski definition) is 4. The first-order valence-electron chi connectivity index (χ1n) is 8.36. The maximum atomic E-state index is 12.3. The summed E-state index contributed by atoms with van der Waals surface area (Å²) in [5.74, 6) is 0.767. The van der Waals surface area contributed by atoms with Gasteiger partial charge in [0.25, 0.3) is 5.91 Å². The second kappa shape index (κ2) is 8.87. The van der Waals surface area contributed by atoms with Crippen LogP contribution in [-0.2, 0) is 6.54 Å². The average Bonchev–Trinajstić information content (AvgIpc) is 3.06. The third kappa shape index (κ3) is 5.21. The molecule has 1 aliphatic rings. The molecule has 1 heterocycles. The van der Waals surface area contributed by atoms with Crippen LogP contribution in [0.3, 0.4) is 0 Å².